The lowest BCUT2D eigenvalue weighted by Gasteiger charge is -2.20. The molecule has 0 spiro atoms. The molecule has 0 aliphatic rings. The number of hydrogen-bond acceptors (Lipinski definition) is 10. The zero-order valence-electron chi connectivity index (χ0n) is 30.2. The number of rotatable bonds is 16. The minimum absolute atomic E-state index is 0.00226. The number of phosphoric ester groups is 2. The van der Waals surface area contributed by atoms with E-state index in [9.17, 15) is 58.1 Å². The molecule has 0 amide bonds. The SMILES string of the molecule is CCc1cc(C(C)=O)cc(Cc2cc(C(C)=O)cc(Cc3cc(C(C)=O)cc(CC(/C=C(\C)C(C)=O)=C(/C)O)c3OP(=O)(O)O)c2O)c1OP(=O)(O)O. The first kappa shape index (κ1) is 42.7. The molecule has 53 heavy (non-hydrogen) atoms. The number of phosphoric acid groups is 2. The quantitative estimate of drug-likeness (QED) is 0.0296. The summed E-state index contributed by atoms with van der Waals surface area (Å²) in [5, 5.41) is 22.1. The second-order valence-electron chi connectivity index (χ2n) is 12.6. The highest BCUT2D eigenvalue weighted by Gasteiger charge is 2.27. The number of benzene rings is 3. The van der Waals surface area contributed by atoms with Gasteiger partial charge < -0.3 is 19.3 Å². The van der Waals surface area contributed by atoms with E-state index < -0.39 is 33.0 Å². The number of ketones is 4. The largest absolute Gasteiger partial charge is 0.524 e. The maximum atomic E-state index is 12.8. The summed E-state index contributed by atoms with van der Waals surface area (Å²) < 4.78 is 34.5. The molecule has 14 nitrogen and oxygen atoms in total. The first-order valence-corrected chi connectivity index (χ1v) is 19.2. The highest BCUT2D eigenvalue weighted by atomic mass is 31.2. The van der Waals surface area contributed by atoms with Crippen molar-refractivity contribution in [3.05, 3.63) is 109 Å². The Labute approximate surface area is 306 Å². The van der Waals surface area contributed by atoms with Crippen LogP contribution in [0.5, 0.6) is 17.2 Å². The molecule has 3 rings (SSSR count). The molecule has 284 valence electrons. The molecule has 0 bridgehead atoms. The first-order chi connectivity index (χ1) is 24.4. The number of carbonyl (C=O) groups excluding carboxylic acids is 4. The van der Waals surface area contributed by atoms with E-state index in [1.54, 1.807) is 6.92 Å². The summed E-state index contributed by atoms with van der Waals surface area (Å²) in [7, 11) is -10.4. The predicted molar refractivity (Wildman–Crippen MR) is 195 cm³/mol. The lowest BCUT2D eigenvalue weighted by Crippen LogP contribution is -2.08. The van der Waals surface area contributed by atoms with Crippen LogP contribution in [-0.2, 0) is 39.6 Å². The van der Waals surface area contributed by atoms with Crippen molar-refractivity contribution in [2.24, 2.45) is 0 Å². The fraction of sp³-hybridized carbons (Fsp3) is 0.297. The average Bonchev–Trinajstić information content (AvgIpc) is 3.02. The number of Topliss-reactive ketones (excluding diaryl/α,β-unsaturated/α-hetero) is 4. The van der Waals surface area contributed by atoms with Crippen LogP contribution in [0.1, 0.15) is 113 Å². The van der Waals surface area contributed by atoms with Gasteiger partial charge in [0, 0.05) is 52.6 Å². The molecule has 0 aromatic heterocycles. The van der Waals surface area contributed by atoms with E-state index in [1.807, 2.05) is 0 Å². The average molecular weight is 773 g/mol. The highest BCUT2D eigenvalue weighted by molar-refractivity contribution is 7.47. The van der Waals surface area contributed by atoms with Crippen LogP contribution in [0.15, 0.2) is 59.4 Å². The van der Waals surface area contributed by atoms with Gasteiger partial charge in [0.05, 0.1) is 5.76 Å². The Balaban J connectivity index is 2.36. The van der Waals surface area contributed by atoms with Crippen LogP contribution in [0.25, 0.3) is 0 Å². The maximum absolute atomic E-state index is 12.8. The van der Waals surface area contributed by atoms with E-state index in [0.29, 0.717) is 5.56 Å². The first-order valence-electron chi connectivity index (χ1n) is 16.2. The molecule has 0 saturated heterocycles. The number of phenolic OH excluding ortho intramolecular Hbond substituents is 1. The molecule has 0 fully saturated rings. The zero-order valence-corrected chi connectivity index (χ0v) is 32.0. The third-order valence-corrected chi connectivity index (χ3v) is 9.17. The summed E-state index contributed by atoms with van der Waals surface area (Å²) in [5.74, 6) is -2.80. The van der Waals surface area contributed by atoms with Gasteiger partial charge in [-0.25, -0.2) is 9.13 Å². The Kier molecular flexibility index (Phi) is 13.7. The summed E-state index contributed by atoms with van der Waals surface area (Å²) in [5.41, 5.74) is 1.34. The number of aromatic hydroxyl groups is 1. The van der Waals surface area contributed by atoms with Crippen LogP contribution >= 0.6 is 15.6 Å². The van der Waals surface area contributed by atoms with Crippen LogP contribution in [0.3, 0.4) is 0 Å². The topological polar surface area (TPSA) is 242 Å². The van der Waals surface area contributed by atoms with Gasteiger partial charge in [-0.1, -0.05) is 6.92 Å². The van der Waals surface area contributed by atoms with Gasteiger partial charge in [0.2, 0.25) is 0 Å². The molecule has 0 unspecified atom stereocenters. The number of hydrogen-bond donors (Lipinski definition) is 6. The lowest BCUT2D eigenvalue weighted by molar-refractivity contribution is -0.113. The van der Waals surface area contributed by atoms with Crippen molar-refractivity contribution >= 4 is 38.8 Å². The van der Waals surface area contributed by atoms with E-state index in [1.165, 1.54) is 84.0 Å². The summed E-state index contributed by atoms with van der Waals surface area (Å²) in [6.45, 7) is 9.67. The van der Waals surface area contributed by atoms with Crippen molar-refractivity contribution in [3.63, 3.8) is 0 Å². The molecule has 0 heterocycles. The minimum Gasteiger partial charge on any atom is -0.512 e. The molecule has 0 aliphatic heterocycles. The molecule has 6 N–H and O–H groups in total. The van der Waals surface area contributed by atoms with Crippen LogP contribution < -0.4 is 9.05 Å². The number of allylic oxidation sites excluding steroid dienone is 4. The van der Waals surface area contributed by atoms with Crippen molar-refractivity contribution in [3.8, 4) is 17.2 Å². The third kappa shape index (κ3) is 11.7. The second-order valence-corrected chi connectivity index (χ2v) is 14.9. The van der Waals surface area contributed by atoms with Gasteiger partial charge in [0.25, 0.3) is 0 Å². The number of phenols is 1. The Hall–Kier alpha value is -4.68. The summed E-state index contributed by atoms with van der Waals surface area (Å²) in [4.78, 5) is 89.1. The maximum Gasteiger partial charge on any atom is 0.524 e. The number of aliphatic hydroxyl groups excluding tert-OH is 1. The Morgan fingerprint density at radius 3 is 1.32 bits per heavy atom. The molecule has 16 heteroatoms. The predicted octanol–water partition coefficient (Wildman–Crippen LogP) is 6.60. The Morgan fingerprint density at radius 1 is 0.623 bits per heavy atom. The molecule has 0 atom stereocenters. The smallest absolute Gasteiger partial charge is 0.512 e. The monoisotopic (exact) mass is 772 g/mol. The normalized spacial score (nSPS) is 12.6. The van der Waals surface area contributed by atoms with E-state index in [-0.39, 0.29) is 110 Å². The standard InChI is InChI=1S/C37H42O14P2/c1-8-25-10-27(22(5)40)14-33(36(25)50-52(44,45)46)17-30-11-28(23(6)41)12-31(35(30)43)18-34-16-29(24(7)42)15-32(37(34)51-53(47,48)49)13-26(21(4)39)9-19(2)20(3)38/h9-12,14-16,39,43H,8,13,17-18H2,1-7H3,(H2,44,45,46)(H2,47,48,49)/b19-9+,26-21-. The van der Waals surface area contributed by atoms with Gasteiger partial charge in [-0.3, -0.25) is 38.8 Å². The Bertz CT molecular complexity index is 2150. The molecule has 0 aliphatic carbocycles. The second kappa shape index (κ2) is 17.0. The van der Waals surface area contributed by atoms with Gasteiger partial charge in [0.15, 0.2) is 23.1 Å². The number of carbonyl (C=O) groups is 4. The lowest BCUT2D eigenvalue weighted by atomic mass is 9.89. The van der Waals surface area contributed by atoms with Crippen molar-refractivity contribution in [1.82, 2.24) is 0 Å². The molecule has 0 radical (unpaired) electrons. The summed E-state index contributed by atoms with van der Waals surface area (Å²) >= 11 is 0. The van der Waals surface area contributed by atoms with Crippen molar-refractivity contribution in [1.29, 1.82) is 0 Å². The van der Waals surface area contributed by atoms with Crippen molar-refractivity contribution in [2.45, 2.75) is 74.1 Å². The van der Waals surface area contributed by atoms with E-state index in [0.717, 1.165) is 0 Å². The molecular formula is C37H42O14P2. The van der Waals surface area contributed by atoms with Crippen LogP contribution in [-0.4, -0.2) is 52.9 Å². The van der Waals surface area contributed by atoms with Gasteiger partial charge in [-0.15, -0.1) is 0 Å². The molecule has 3 aromatic rings. The molecule has 3 aromatic carbocycles. The summed E-state index contributed by atoms with van der Waals surface area (Å²) in [6.07, 6.45) is 0.684. The fourth-order valence-corrected chi connectivity index (χ4v) is 6.48. The van der Waals surface area contributed by atoms with E-state index >= 15 is 0 Å². The van der Waals surface area contributed by atoms with Gasteiger partial charge in [-0.05, 0) is 118 Å². The van der Waals surface area contributed by atoms with Crippen LogP contribution in [0.2, 0.25) is 0 Å². The molecular weight excluding hydrogens is 730 g/mol. The number of aryl methyl sites for hydroxylation is 1. The van der Waals surface area contributed by atoms with E-state index in [2.05, 4.69) is 0 Å². The fourth-order valence-electron chi connectivity index (χ4n) is 5.54. The highest BCUT2D eigenvalue weighted by Crippen LogP contribution is 2.45. The third-order valence-electron chi connectivity index (χ3n) is 8.33. The van der Waals surface area contributed by atoms with Gasteiger partial charge in [0.1, 0.15) is 17.2 Å². The van der Waals surface area contributed by atoms with E-state index in [4.69, 9.17) is 9.05 Å². The zero-order chi connectivity index (χ0) is 40.2. The Morgan fingerprint density at radius 2 is 0.981 bits per heavy atom. The van der Waals surface area contributed by atoms with Gasteiger partial charge in [-0.2, -0.15) is 0 Å². The van der Waals surface area contributed by atoms with Crippen LogP contribution in [0, 0.1) is 0 Å². The van der Waals surface area contributed by atoms with Crippen LogP contribution in [0.4, 0.5) is 0 Å². The van der Waals surface area contributed by atoms with Gasteiger partial charge >= 0.3 is 15.6 Å². The molecule has 0 saturated carbocycles. The number of aliphatic hydroxyl groups is 1. The van der Waals surface area contributed by atoms with Crippen molar-refractivity contribution in [2.75, 3.05) is 0 Å². The summed E-state index contributed by atoms with van der Waals surface area (Å²) in [6, 6.07) is 8.11. The van der Waals surface area contributed by atoms with Crippen molar-refractivity contribution < 1.29 is 67.1 Å². The minimum atomic E-state index is -5.29.